The number of hydrogen-bond acceptors (Lipinski definition) is 3. The van der Waals surface area contributed by atoms with Crippen LogP contribution in [0.25, 0.3) is 5.52 Å². The molecule has 24 heavy (non-hydrogen) atoms. The van der Waals surface area contributed by atoms with Gasteiger partial charge in [0.25, 0.3) is 0 Å². The molecular formula is C16H14F3IN4. The first-order chi connectivity index (χ1) is 11.4. The van der Waals surface area contributed by atoms with E-state index >= 15 is 0 Å². The van der Waals surface area contributed by atoms with Crippen molar-refractivity contribution in [3.05, 3.63) is 58.1 Å². The molecule has 2 heterocycles. The highest BCUT2D eigenvalue weighted by Crippen LogP contribution is 2.31. The minimum absolute atomic E-state index is 0.0685. The minimum Gasteiger partial charge on any atom is -0.361 e. The molecule has 2 aromatic heterocycles. The zero-order valence-corrected chi connectivity index (χ0v) is 14.6. The van der Waals surface area contributed by atoms with Gasteiger partial charge in [0.15, 0.2) is 5.82 Å². The van der Waals surface area contributed by atoms with Gasteiger partial charge in [-0.1, -0.05) is 30.3 Å². The number of aromatic nitrogens is 3. The van der Waals surface area contributed by atoms with Crippen molar-refractivity contribution in [2.24, 2.45) is 0 Å². The average molecular weight is 446 g/mol. The van der Waals surface area contributed by atoms with Crippen molar-refractivity contribution in [1.29, 1.82) is 0 Å². The van der Waals surface area contributed by atoms with Gasteiger partial charge in [0.1, 0.15) is 5.52 Å². The van der Waals surface area contributed by atoms with Crippen molar-refractivity contribution in [1.82, 2.24) is 14.6 Å². The molecule has 0 amide bonds. The van der Waals surface area contributed by atoms with E-state index < -0.39 is 18.6 Å². The number of nitrogens with zero attached hydrogens (tertiary/aromatic N) is 3. The maximum Gasteiger partial charge on any atom is 0.389 e. The molecule has 0 bridgehead atoms. The zero-order valence-electron chi connectivity index (χ0n) is 12.5. The Bertz CT molecular complexity index is 817. The van der Waals surface area contributed by atoms with E-state index in [0.29, 0.717) is 5.82 Å². The lowest BCUT2D eigenvalue weighted by Crippen LogP contribution is -2.17. The van der Waals surface area contributed by atoms with Crippen molar-refractivity contribution < 1.29 is 13.2 Å². The number of nitrogens with one attached hydrogen (secondary N) is 1. The first kappa shape index (κ1) is 17.0. The maximum atomic E-state index is 12.7. The predicted molar refractivity (Wildman–Crippen MR) is 93.8 cm³/mol. The fourth-order valence-corrected chi connectivity index (χ4v) is 3.12. The Kier molecular flexibility index (Phi) is 4.93. The second-order valence-corrected chi connectivity index (χ2v) is 6.49. The molecule has 0 spiro atoms. The third-order valence-electron chi connectivity index (χ3n) is 3.62. The zero-order chi connectivity index (χ0) is 17.2. The monoisotopic (exact) mass is 446 g/mol. The van der Waals surface area contributed by atoms with Crippen LogP contribution in [0.4, 0.5) is 19.0 Å². The number of rotatable bonds is 5. The molecule has 4 nitrogen and oxygen atoms in total. The largest absolute Gasteiger partial charge is 0.389 e. The van der Waals surface area contributed by atoms with Crippen LogP contribution in [0.5, 0.6) is 0 Å². The summed E-state index contributed by atoms with van der Waals surface area (Å²) in [6.45, 7) is 0. The van der Waals surface area contributed by atoms with Crippen LogP contribution in [0, 0.1) is 3.57 Å². The van der Waals surface area contributed by atoms with E-state index in [1.165, 1.54) is 0 Å². The Balaban J connectivity index is 1.92. The van der Waals surface area contributed by atoms with Crippen LogP contribution in [0.2, 0.25) is 0 Å². The maximum absolute atomic E-state index is 12.7. The highest BCUT2D eigenvalue weighted by molar-refractivity contribution is 14.1. The quantitative estimate of drug-likeness (QED) is 0.572. The normalized spacial score (nSPS) is 13.2. The van der Waals surface area contributed by atoms with E-state index in [1.807, 2.05) is 30.3 Å². The Labute approximate surface area is 150 Å². The van der Waals surface area contributed by atoms with Crippen LogP contribution >= 0.6 is 22.6 Å². The lowest BCUT2D eigenvalue weighted by molar-refractivity contribution is -0.136. The summed E-state index contributed by atoms with van der Waals surface area (Å²) in [7, 11) is 0. The molecule has 0 saturated carbocycles. The number of anilines is 1. The molecule has 1 aromatic carbocycles. The van der Waals surface area contributed by atoms with Crippen molar-refractivity contribution >= 4 is 33.9 Å². The first-order valence-corrected chi connectivity index (χ1v) is 8.38. The van der Waals surface area contributed by atoms with Gasteiger partial charge in [-0.3, -0.25) is 0 Å². The van der Waals surface area contributed by atoms with Crippen molar-refractivity contribution in [2.75, 3.05) is 5.32 Å². The third-order valence-corrected chi connectivity index (χ3v) is 4.41. The fourth-order valence-electron chi connectivity index (χ4n) is 2.49. The topological polar surface area (TPSA) is 42.2 Å². The highest BCUT2D eigenvalue weighted by Gasteiger charge is 2.29. The second kappa shape index (κ2) is 6.96. The predicted octanol–water partition coefficient (Wildman–Crippen LogP) is 4.83. The summed E-state index contributed by atoms with van der Waals surface area (Å²) in [6.07, 6.45) is -0.157. The standard InChI is InChI=1S/C16H14F3IN4/c17-16(18,19)7-6-13(11-4-2-1-3-5-11)23-15-14-12(20)10-22-24(14)9-8-21-15/h1-5,8-10,13H,6-7H2,(H,21,23). The molecule has 0 aliphatic rings. The lowest BCUT2D eigenvalue weighted by Gasteiger charge is -2.21. The average Bonchev–Trinajstić information content (AvgIpc) is 2.94. The third kappa shape index (κ3) is 3.97. The van der Waals surface area contributed by atoms with Gasteiger partial charge in [0.05, 0.1) is 15.8 Å². The Morgan fingerprint density at radius 2 is 1.96 bits per heavy atom. The van der Waals surface area contributed by atoms with Gasteiger partial charge in [-0.25, -0.2) is 9.50 Å². The van der Waals surface area contributed by atoms with Crippen LogP contribution < -0.4 is 5.32 Å². The van der Waals surface area contributed by atoms with Crippen LogP contribution in [0.15, 0.2) is 48.9 Å². The van der Waals surface area contributed by atoms with E-state index in [4.69, 9.17) is 0 Å². The molecule has 1 unspecified atom stereocenters. The first-order valence-electron chi connectivity index (χ1n) is 7.30. The second-order valence-electron chi connectivity index (χ2n) is 5.32. The van der Waals surface area contributed by atoms with Gasteiger partial charge < -0.3 is 5.32 Å². The molecule has 1 N–H and O–H groups in total. The Hall–Kier alpha value is -1.84. The molecule has 1 atom stereocenters. The Morgan fingerprint density at radius 1 is 1.21 bits per heavy atom. The van der Waals surface area contributed by atoms with E-state index in [9.17, 15) is 13.2 Å². The summed E-state index contributed by atoms with van der Waals surface area (Å²) in [6, 6.07) is 8.61. The molecule has 0 aliphatic heterocycles. The number of hydrogen-bond donors (Lipinski definition) is 1. The van der Waals surface area contributed by atoms with E-state index in [-0.39, 0.29) is 6.42 Å². The summed E-state index contributed by atoms with van der Waals surface area (Å²) in [5.41, 5.74) is 1.55. The minimum atomic E-state index is -4.20. The van der Waals surface area contributed by atoms with Crippen LogP contribution in [-0.2, 0) is 0 Å². The van der Waals surface area contributed by atoms with Crippen molar-refractivity contribution in [2.45, 2.75) is 25.1 Å². The van der Waals surface area contributed by atoms with Gasteiger partial charge in [0.2, 0.25) is 0 Å². The molecule has 126 valence electrons. The summed E-state index contributed by atoms with van der Waals surface area (Å²) >= 11 is 2.13. The lowest BCUT2D eigenvalue weighted by atomic mass is 10.0. The number of benzene rings is 1. The summed E-state index contributed by atoms with van der Waals surface area (Å²) < 4.78 is 40.6. The number of alkyl halides is 3. The van der Waals surface area contributed by atoms with Gasteiger partial charge in [-0.2, -0.15) is 18.3 Å². The molecule has 8 heteroatoms. The van der Waals surface area contributed by atoms with Gasteiger partial charge in [-0.15, -0.1) is 0 Å². The molecule has 3 rings (SSSR count). The summed E-state index contributed by atoms with van der Waals surface area (Å²) in [5, 5.41) is 7.35. The number of halogens is 4. The van der Waals surface area contributed by atoms with Gasteiger partial charge in [-0.05, 0) is 34.6 Å². The van der Waals surface area contributed by atoms with Crippen molar-refractivity contribution in [3.8, 4) is 0 Å². The molecule has 0 fully saturated rings. The van der Waals surface area contributed by atoms with Crippen LogP contribution in [-0.4, -0.2) is 20.8 Å². The van der Waals surface area contributed by atoms with E-state index in [0.717, 1.165) is 14.7 Å². The van der Waals surface area contributed by atoms with Crippen molar-refractivity contribution in [3.63, 3.8) is 0 Å². The smallest absolute Gasteiger partial charge is 0.361 e. The molecule has 3 aromatic rings. The molecular weight excluding hydrogens is 432 g/mol. The van der Waals surface area contributed by atoms with Gasteiger partial charge in [0, 0.05) is 18.8 Å². The Morgan fingerprint density at radius 3 is 2.67 bits per heavy atom. The molecule has 0 saturated heterocycles. The van der Waals surface area contributed by atoms with Crippen LogP contribution in [0.3, 0.4) is 0 Å². The number of fused-ring (bicyclic) bond motifs is 1. The van der Waals surface area contributed by atoms with Crippen LogP contribution in [0.1, 0.15) is 24.4 Å². The highest BCUT2D eigenvalue weighted by atomic mass is 127. The SMILES string of the molecule is FC(F)(F)CCC(Nc1nccn2ncc(I)c12)c1ccccc1. The summed E-state index contributed by atoms with van der Waals surface area (Å²) in [4.78, 5) is 4.29. The van der Waals surface area contributed by atoms with E-state index in [1.54, 1.807) is 23.1 Å². The fraction of sp³-hybridized carbons (Fsp3) is 0.250. The van der Waals surface area contributed by atoms with Gasteiger partial charge >= 0.3 is 6.18 Å². The molecule has 0 aliphatic carbocycles. The molecule has 0 radical (unpaired) electrons. The summed E-state index contributed by atoms with van der Waals surface area (Å²) in [5.74, 6) is 0.524. The van der Waals surface area contributed by atoms with E-state index in [2.05, 4.69) is 38.0 Å².